The lowest BCUT2D eigenvalue weighted by Crippen LogP contribution is -2.48. The van der Waals surface area contributed by atoms with Crippen LogP contribution in [0.1, 0.15) is 17.3 Å². The molecule has 1 fully saturated rings. The molecular weight excluding hydrogens is 379 g/mol. The molecule has 0 spiro atoms. The zero-order valence-corrected chi connectivity index (χ0v) is 16.3. The van der Waals surface area contributed by atoms with Gasteiger partial charge in [0.05, 0.1) is 16.9 Å². The SMILES string of the molecule is CC(=O)N1CCN(c2ccccc2NC(=S)NC(=O)c2ccccc2F)CC1. The first-order valence-electron chi connectivity index (χ1n) is 8.92. The fourth-order valence-corrected chi connectivity index (χ4v) is 3.29. The maximum Gasteiger partial charge on any atom is 0.260 e. The molecule has 0 aliphatic carbocycles. The van der Waals surface area contributed by atoms with Crippen LogP contribution in [0.15, 0.2) is 48.5 Å². The zero-order valence-electron chi connectivity index (χ0n) is 15.4. The topological polar surface area (TPSA) is 64.7 Å². The minimum absolute atomic E-state index is 0.0692. The number of nitrogens with one attached hydrogen (secondary N) is 2. The summed E-state index contributed by atoms with van der Waals surface area (Å²) in [5, 5.41) is 5.61. The van der Waals surface area contributed by atoms with E-state index in [0.717, 1.165) is 11.4 Å². The molecule has 2 aromatic rings. The van der Waals surface area contributed by atoms with Gasteiger partial charge in [0, 0.05) is 33.1 Å². The molecule has 0 bridgehead atoms. The molecule has 0 radical (unpaired) electrons. The van der Waals surface area contributed by atoms with Crippen LogP contribution in [0, 0.1) is 5.82 Å². The van der Waals surface area contributed by atoms with E-state index in [1.807, 2.05) is 29.2 Å². The maximum absolute atomic E-state index is 13.8. The minimum Gasteiger partial charge on any atom is -0.366 e. The van der Waals surface area contributed by atoms with Gasteiger partial charge in [0.2, 0.25) is 5.91 Å². The summed E-state index contributed by atoms with van der Waals surface area (Å²) >= 11 is 5.23. The number of anilines is 2. The number of hydrogen-bond acceptors (Lipinski definition) is 4. The average Bonchev–Trinajstić information content (AvgIpc) is 2.68. The predicted molar refractivity (Wildman–Crippen MR) is 111 cm³/mol. The average molecular weight is 400 g/mol. The Hall–Kier alpha value is -3.00. The normalized spacial score (nSPS) is 13.8. The summed E-state index contributed by atoms with van der Waals surface area (Å²) < 4.78 is 13.8. The van der Waals surface area contributed by atoms with Gasteiger partial charge >= 0.3 is 0 Å². The molecule has 6 nitrogen and oxygen atoms in total. The van der Waals surface area contributed by atoms with E-state index < -0.39 is 11.7 Å². The Labute approximate surface area is 168 Å². The Morgan fingerprint density at radius 1 is 1.00 bits per heavy atom. The van der Waals surface area contributed by atoms with Crippen molar-refractivity contribution in [1.82, 2.24) is 10.2 Å². The van der Waals surface area contributed by atoms with Crippen LogP contribution in [0.3, 0.4) is 0 Å². The Morgan fingerprint density at radius 2 is 1.64 bits per heavy atom. The molecule has 3 rings (SSSR count). The number of halogens is 1. The molecule has 1 aliphatic rings. The number of carbonyl (C=O) groups excluding carboxylic acids is 2. The molecule has 2 aromatic carbocycles. The van der Waals surface area contributed by atoms with Gasteiger partial charge in [-0.2, -0.15) is 0 Å². The van der Waals surface area contributed by atoms with E-state index >= 15 is 0 Å². The van der Waals surface area contributed by atoms with Crippen molar-refractivity contribution in [3.8, 4) is 0 Å². The van der Waals surface area contributed by atoms with Gasteiger partial charge in [-0.3, -0.25) is 14.9 Å². The van der Waals surface area contributed by atoms with Crippen molar-refractivity contribution in [2.45, 2.75) is 6.92 Å². The summed E-state index contributed by atoms with van der Waals surface area (Å²) in [7, 11) is 0. The smallest absolute Gasteiger partial charge is 0.260 e. The van der Waals surface area contributed by atoms with E-state index in [1.54, 1.807) is 13.0 Å². The highest BCUT2D eigenvalue weighted by atomic mass is 32.1. The fraction of sp³-hybridized carbons (Fsp3) is 0.250. The molecule has 0 aromatic heterocycles. The summed E-state index contributed by atoms with van der Waals surface area (Å²) in [5.74, 6) is -1.14. The van der Waals surface area contributed by atoms with Gasteiger partial charge < -0.3 is 15.1 Å². The predicted octanol–water partition coefficient (Wildman–Crippen LogP) is 2.62. The van der Waals surface area contributed by atoms with Crippen LogP contribution in [-0.2, 0) is 4.79 Å². The first kappa shape index (κ1) is 19.8. The molecule has 8 heteroatoms. The first-order chi connectivity index (χ1) is 13.5. The number of thiocarbonyl (C=S) groups is 1. The third-order valence-corrected chi connectivity index (χ3v) is 4.77. The van der Waals surface area contributed by atoms with Gasteiger partial charge in [0.1, 0.15) is 5.82 Å². The molecule has 0 saturated carbocycles. The summed E-state index contributed by atoms with van der Waals surface area (Å²) in [6, 6.07) is 13.3. The van der Waals surface area contributed by atoms with Gasteiger partial charge in [0.25, 0.3) is 5.91 Å². The number of para-hydroxylation sites is 2. The lowest BCUT2D eigenvalue weighted by Gasteiger charge is -2.36. The lowest BCUT2D eigenvalue weighted by molar-refractivity contribution is -0.129. The summed E-state index contributed by atoms with van der Waals surface area (Å²) in [4.78, 5) is 27.7. The number of rotatable bonds is 3. The second-order valence-corrected chi connectivity index (χ2v) is 6.81. The molecular formula is C20H21FN4O2S. The fourth-order valence-electron chi connectivity index (χ4n) is 3.09. The number of amides is 2. The molecule has 1 heterocycles. The van der Waals surface area contributed by atoms with Crippen molar-refractivity contribution in [2.75, 3.05) is 36.4 Å². The third kappa shape index (κ3) is 4.64. The maximum atomic E-state index is 13.8. The Kier molecular flexibility index (Phi) is 6.20. The van der Waals surface area contributed by atoms with E-state index in [-0.39, 0.29) is 16.6 Å². The summed E-state index contributed by atoms with van der Waals surface area (Å²) in [6.07, 6.45) is 0. The number of benzene rings is 2. The number of nitrogens with zero attached hydrogens (tertiary/aromatic N) is 2. The number of carbonyl (C=O) groups is 2. The minimum atomic E-state index is -0.608. The van der Waals surface area contributed by atoms with E-state index in [2.05, 4.69) is 15.5 Å². The van der Waals surface area contributed by atoms with Crippen molar-refractivity contribution >= 4 is 40.5 Å². The summed E-state index contributed by atoms with van der Waals surface area (Å²) in [6.45, 7) is 4.28. The highest BCUT2D eigenvalue weighted by molar-refractivity contribution is 7.80. The second kappa shape index (κ2) is 8.79. The van der Waals surface area contributed by atoms with E-state index in [0.29, 0.717) is 26.2 Å². The number of piperazine rings is 1. The molecule has 2 amide bonds. The van der Waals surface area contributed by atoms with Crippen LogP contribution in [0.5, 0.6) is 0 Å². The molecule has 1 aliphatic heterocycles. The largest absolute Gasteiger partial charge is 0.366 e. The van der Waals surface area contributed by atoms with Crippen molar-refractivity contribution in [2.24, 2.45) is 0 Å². The highest BCUT2D eigenvalue weighted by Gasteiger charge is 2.21. The quantitative estimate of drug-likeness (QED) is 0.776. The Balaban J connectivity index is 1.66. The van der Waals surface area contributed by atoms with Crippen LogP contribution in [0.4, 0.5) is 15.8 Å². The van der Waals surface area contributed by atoms with Gasteiger partial charge in [0.15, 0.2) is 5.11 Å². The van der Waals surface area contributed by atoms with Crippen LogP contribution in [-0.4, -0.2) is 48.0 Å². The van der Waals surface area contributed by atoms with Crippen molar-refractivity contribution < 1.29 is 14.0 Å². The Bertz CT molecular complexity index is 897. The lowest BCUT2D eigenvalue weighted by atomic mass is 10.2. The van der Waals surface area contributed by atoms with Crippen LogP contribution in [0.25, 0.3) is 0 Å². The van der Waals surface area contributed by atoms with Gasteiger partial charge in [-0.05, 0) is 36.5 Å². The van der Waals surface area contributed by atoms with Crippen molar-refractivity contribution in [3.63, 3.8) is 0 Å². The Morgan fingerprint density at radius 3 is 2.32 bits per heavy atom. The van der Waals surface area contributed by atoms with Gasteiger partial charge in [-0.15, -0.1) is 0 Å². The highest BCUT2D eigenvalue weighted by Crippen LogP contribution is 2.26. The second-order valence-electron chi connectivity index (χ2n) is 6.40. The molecule has 0 unspecified atom stereocenters. The molecule has 2 N–H and O–H groups in total. The van der Waals surface area contributed by atoms with Crippen molar-refractivity contribution in [1.29, 1.82) is 0 Å². The van der Waals surface area contributed by atoms with E-state index in [9.17, 15) is 14.0 Å². The van der Waals surface area contributed by atoms with E-state index in [1.165, 1.54) is 18.2 Å². The third-order valence-electron chi connectivity index (χ3n) is 4.56. The van der Waals surface area contributed by atoms with Crippen LogP contribution >= 0.6 is 12.2 Å². The van der Waals surface area contributed by atoms with Gasteiger partial charge in [-0.1, -0.05) is 24.3 Å². The molecule has 28 heavy (non-hydrogen) atoms. The van der Waals surface area contributed by atoms with Crippen molar-refractivity contribution in [3.05, 3.63) is 59.9 Å². The first-order valence-corrected chi connectivity index (χ1v) is 9.33. The van der Waals surface area contributed by atoms with Gasteiger partial charge in [-0.25, -0.2) is 4.39 Å². The number of hydrogen-bond donors (Lipinski definition) is 2. The van der Waals surface area contributed by atoms with Crippen LogP contribution in [0.2, 0.25) is 0 Å². The molecule has 1 saturated heterocycles. The molecule has 0 atom stereocenters. The van der Waals surface area contributed by atoms with E-state index in [4.69, 9.17) is 12.2 Å². The zero-order chi connectivity index (χ0) is 20.1. The molecule has 146 valence electrons. The summed E-state index contributed by atoms with van der Waals surface area (Å²) in [5.41, 5.74) is 1.59. The monoisotopic (exact) mass is 400 g/mol. The van der Waals surface area contributed by atoms with Crippen LogP contribution < -0.4 is 15.5 Å². The standard InChI is InChI=1S/C20H21FN4O2S/c1-14(26)24-10-12-25(13-11-24)18-9-5-4-8-17(18)22-20(28)23-19(27)15-6-2-3-7-16(15)21/h2-9H,10-13H2,1H3,(H2,22,23,27,28).